The lowest BCUT2D eigenvalue weighted by atomic mass is 9.85. The lowest BCUT2D eigenvalue weighted by Gasteiger charge is -2.22. The number of aliphatic hydroxyl groups excluding tert-OH is 2. The van der Waals surface area contributed by atoms with Gasteiger partial charge in [-0.25, -0.2) is 0 Å². The quantitative estimate of drug-likeness (QED) is 0.260. The van der Waals surface area contributed by atoms with Gasteiger partial charge >= 0.3 is 5.97 Å². The number of amides is 2. The second-order valence-corrected chi connectivity index (χ2v) is 6.70. The van der Waals surface area contributed by atoms with Gasteiger partial charge in [0.2, 0.25) is 11.8 Å². The van der Waals surface area contributed by atoms with Crippen LogP contribution < -0.4 is 0 Å². The third-order valence-electron chi connectivity index (χ3n) is 4.95. The van der Waals surface area contributed by atoms with Gasteiger partial charge in [0.1, 0.15) is 5.41 Å². The van der Waals surface area contributed by atoms with Crippen LogP contribution in [-0.2, 0) is 23.9 Å². The first-order valence-electron chi connectivity index (χ1n) is 8.01. The van der Waals surface area contributed by atoms with Crippen molar-refractivity contribution in [2.75, 3.05) is 26.4 Å². The Morgan fingerprint density at radius 3 is 2.25 bits per heavy atom. The molecule has 0 aromatic carbocycles. The van der Waals surface area contributed by atoms with Gasteiger partial charge in [0, 0.05) is 6.54 Å². The molecular weight excluding hydrogens is 318 g/mol. The highest BCUT2D eigenvalue weighted by Gasteiger charge is 2.60. The van der Waals surface area contributed by atoms with Crippen molar-refractivity contribution >= 4 is 17.8 Å². The Bertz CT molecular complexity index is 553. The normalized spacial score (nSPS) is 31.0. The van der Waals surface area contributed by atoms with Gasteiger partial charge in [-0.2, -0.15) is 0 Å². The molecule has 24 heavy (non-hydrogen) atoms. The number of nitrogens with zero attached hydrogens (tertiary/aromatic N) is 1. The van der Waals surface area contributed by atoms with Crippen molar-refractivity contribution < 1.29 is 34.1 Å². The van der Waals surface area contributed by atoms with E-state index in [1.807, 2.05) is 12.2 Å². The van der Waals surface area contributed by atoms with Crippen LogP contribution in [0, 0.1) is 17.3 Å². The van der Waals surface area contributed by atoms with Gasteiger partial charge in [-0.1, -0.05) is 12.2 Å². The summed E-state index contributed by atoms with van der Waals surface area (Å²) in [6.45, 7) is 0.525. The molecular formula is C16H21NO7. The summed E-state index contributed by atoms with van der Waals surface area (Å²) in [5.41, 5.74) is -1.35. The number of aliphatic hydroxyl groups is 2. The topological polar surface area (TPSA) is 113 Å². The van der Waals surface area contributed by atoms with Crippen LogP contribution >= 0.6 is 0 Å². The van der Waals surface area contributed by atoms with E-state index in [2.05, 4.69) is 0 Å². The highest BCUT2D eigenvalue weighted by molar-refractivity contribution is 6.06. The second kappa shape index (κ2) is 6.27. The molecule has 0 saturated carbocycles. The fourth-order valence-electron chi connectivity index (χ4n) is 3.33. The van der Waals surface area contributed by atoms with Crippen LogP contribution in [0.25, 0.3) is 0 Å². The monoisotopic (exact) mass is 339 g/mol. The van der Waals surface area contributed by atoms with Crippen molar-refractivity contribution in [2.24, 2.45) is 17.3 Å². The van der Waals surface area contributed by atoms with Gasteiger partial charge in [-0.3, -0.25) is 19.3 Å². The fraction of sp³-hybridized carbons (Fsp3) is 0.688. The highest BCUT2D eigenvalue weighted by atomic mass is 16.5. The number of carbonyl (C=O) groups is 3. The molecule has 3 heterocycles. The summed E-state index contributed by atoms with van der Waals surface area (Å²) in [4.78, 5) is 37.8. The van der Waals surface area contributed by atoms with Crippen LogP contribution in [0.5, 0.6) is 0 Å². The van der Waals surface area contributed by atoms with Crippen molar-refractivity contribution in [3.05, 3.63) is 12.2 Å². The van der Waals surface area contributed by atoms with Crippen molar-refractivity contribution in [2.45, 2.75) is 25.6 Å². The van der Waals surface area contributed by atoms with E-state index in [0.717, 1.165) is 0 Å². The maximum atomic E-state index is 12.4. The number of imide groups is 1. The average molecular weight is 339 g/mol. The first-order chi connectivity index (χ1) is 11.4. The van der Waals surface area contributed by atoms with Gasteiger partial charge < -0.3 is 19.7 Å². The van der Waals surface area contributed by atoms with Gasteiger partial charge in [-0.15, -0.1) is 0 Å². The minimum Gasteiger partial charge on any atom is -0.465 e. The molecule has 3 aliphatic rings. The number of esters is 1. The van der Waals surface area contributed by atoms with E-state index in [4.69, 9.17) is 19.7 Å². The number of likely N-dealkylation sites (tertiary alicyclic amines) is 1. The summed E-state index contributed by atoms with van der Waals surface area (Å²) in [6, 6.07) is 0. The molecule has 2 fully saturated rings. The molecule has 0 spiro atoms. The molecule has 0 aromatic rings. The number of rotatable bonds is 7. The van der Waals surface area contributed by atoms with E-state index < -0.39 is 36.4 Å². The molecule has 2 N–H and O–H groups in total. The lowest BCUT2D eigenvalue weighted by Crippen LogP contribution is -2.38. The van der Waals surface area contributed by atoms with Crippen molar-refractivity contribution in [1.29, 1.82) is 0 Å². The zero-order valence-corrected chi connectivity index (χ0v) is 13.4. The SMILES string of the molecule is CC(CO)(CO)C(=O)OCCCN1C(=O)C2[C@@H](C1=O)C1C=C[C@H]2O1. The van der Waals surface area contributed by atoms with Gasteiger partial charge in [0.15, 0.2) is 0 Å². The van der Waals surface area contributed by atoms with Crippen LogP contribution in [0.1, 0.15) is 13.3 Å². The molecule has 2 unspecified atom stereocenters. The molecule has 0 radical (unpaired) electrons. The van der Waals surface area contributed by atoms with Gasteiger partial charge in [-0.05, 0) is 13.3 Å². The minimum absolute atomic E-state index is 0.00240. The Morgan fingerprint density at radius 2 is 1.75 bits per heavy atom. The summed E-state index contributed by atoms with van der Waals surface area (Å²) >= 11 is 0. The first kappa shape index (κ1) is 17.1. The summed E-state index contributed by atoms with van der Waals surface area (Å²) in [5.74, 6) is -2.03. The number of hydrogen-bond acceptors (Lipinski definition) is 7. The van der Waals surface area contributed by atoms with E-state index in [1.165, 1.54) is 11.8 Å². The van der Waals surface area contributed by atoms with Crippen molar-refractivity contribution in [1.82, 2.24) is 4.90 Å². The molecule has 132 valence electrons. The number of hydrogen-bond donors (Lipinski definition) is 2. The number of fused-ring (bicyclic) bond motifs is 5. The second-order valence-electron chi connectivity index (χ2n) is 6.70. The Balaban J connectivity index is 1.49. The van der Waals surface area contributed by atoms with E-state index in [1.54, 1.807) is 0 Å². The molecule has 8 nitrogen and oxygen atoms in total. The summed E-state index contributed by atoms with van der Waals surface area (Å²) in [7, 11) is 0. The van der Waals surface area contributed by atoms with E-state index in [0.29, 0.717) is 6.42 Å². The van der Waals surface area contributed by atoms with Crippen molar-refractivity contribution in [3.63, 3.8) is 0 Å². The lowest BCUT2D eigenvalue weighted by molar-refractivity contribution is -0.160. The van der Waals surface area contributed by atoms with Crippen LogP contribution in [0.4, 0.5) is 0 Å². The zero-order chi connectivity index (χ0) is 17.5. The Kier molecular flexibility index (Phi) is 4.46. The Labute approximate surface area is 139 Å². The number of carbonyl (C=O) groups excluding carboxylic acids is 3. The molecule has 0 aromatic heterocycles. The van der Waals surface area contributed by atoms with Crippen LogP contribution in [0.3, 0.4) is 0 Å². The predicted octanol–water partition coefficient (Wildman–Crippen LogP) is -1.15. The molecule has 0 aliphatic carbocycles. The molecule has 3 rings (SSSR count). The van der Waals surface area contributed by atoms with E-state index >= 15 is 0 Å². The first-order valence-corrected chi connectivity index (χ1v) is 8.01. The Morgan fingerprint density at radius 1 is 1.21 bits per heavy atom. The molecule has 3 aliphatic heterocycles. The largest absolute Gasteiger partial charge is 0.465 e. The fourth-order valence-corrected chi connectivity index (χ4v) is 3.33. The number of ether oxygens (including phenoxy) is 2. The van der Waals surface area contributed by atoms with Crippen LogP contribution in [-0.4, -0.2) is 71.5 Å². The smallest absolute Gasteiger partial charge is 0.316 e. The maximum Gasteiger partial charge on any atom is 0.316 e. The molecule has 4 atom stereocenters. The third-order valence-corrected chi connectivity index (χ3v) is 4.95. The van der Waals surface area contributed by atoms with Crippen LogP contribution in [0.2, 0.25) is 0 Å². The van der Waals surface area contributed by atoms with Gasteiger partial charge in [0.25, 0.3) is 0 Å². The zero-order valence-electron chi connectivity index (χ0n) is 13.4. The summed E-state index contributed by atoms with van der Waals surface area (Å²) < 4.78 is 10.6. The third kappa shape index (κ3) is 2.54. The summed E-state index contributed by atoms with van der Waals surface area (Å²) in [5, 5.41) is 18.3. The molecule has 2 saturated heterocycles. The standard InChI is InChI=1S/C16H21NO7/c1-16(7-18,8-19)15(22)23-6-2-5-17-13(20)11-9-3-4-10(24-9)12(11)14(17)21/h3-4,9-12,18-19H,2,5-8H2,1H3/t9-,10?,11?,12+/m1/s1. The van der Waals surface area contributed by atoms with E-state index in [9.17, 15) is 14.4 Å². The summed E-state index contributed by atoms with van der Waals surface area (Å²) in [6.07, 6.45) is 3.34. The Hall–Kier alpha value is -1.77. The van der Waals surface area contributed by atoms with Crippen molar-refractivity contribution in [3.8, 4) is 0 Å². The molecule has 2 bridgehead atoms. The molecule has 8 heteroatoms. The average Bonchev–Trinajstić information content (AvgIpc) is 3.26. The minimum atomic E-state index is -1.35. The van der Waals surface area contributed by atoms with E-state index in [-0.39, 0.29) is 37.2 Å². The molecule has 2 amide bonds. The van der Waals surface area contributed by atoms with Gasteiger partial charge in [0.05, 0.1) is 43.9 Å². The highest BCUT2D eigenvalue weighted by Crippen LogP contribution is 2.44. The maximum absolute atomic E-state index is 12.4. The predicted molar refractivity (Wildman–Crippen MR) is 79.4 cm³/mol. The van der Waals surface area contributed by atoms with Crippen LogP contribution in [0.15, 0.2) is 12.2 Å².